The molecule has 1 amide bonds. The number of carbonyl (C=O) groups is 1. The fraction of sp³-hybridized carbons (Fsp3) is 0.500. The van der Waals surface area contributed by atoms with Gasteiger partial charge >= 0.3 is 0 Å². The van der Waals surface area contributed by atoms with Crippen molar-refractivity contribution in [3.05, 3.63) is 48.4 Å². The topological polar surface area (TPSA) is 74.8 Å². The van der Waals surface area contributed by atoms with E-state index in [1.54, 1.807) is 6.26 Å². The molecule has 0 radical (unpaired) electrons. The van der Waals surface area contributed by atoms with Crippen LogP contribution in [0, 0.1) is 5.92 Å². The van der Waals surface area contributed by atoms with Gasteiger partial charge in [-0.05, 0) is 63.0 Å². The highest BCUT2D eigenvalue weighted by Crippen LogP contribution is 2.28. The second-order valence-electron chi connectivity index (χ2n) is 8.61. The van der Waals surface area contributed by atoms with E-state index in [2.05, 4.69) is 20.1 Å². The summed E-state index contributed by atoms with van der Waals surface area (Å²) >= 11 is 0. The molecule has 4 heterocycles. The first-order valence-corrected chi connectivity index (χ1v) is 11.4. The number of nitrogens with zero attached hydrogens (tertiary/aromatic N) is 3. The Morgan fingerprint density at radius 3 is 2.58 bits per heavy atom. The zero-order valence-electron chi connectivity index (χ0n) is 17.8. The van der Waals surface area contributed by atoms with Gasteiger partial charge < -0.3 is 24.0 Å². The summed E-state index contributed by atoms with van der Waals surface area (Å²) in [5.41, 5.74) is 1.77. The van der Waals surface area contributed by atoms with Crippen LogP contribution in [0.15, 0.2) is 51.5 Å². The highest BCUT2D eigenvalue weighted by Gasteiger charge is 2.31. The van der Waals surface area contributed by atoms with E-state index >= 15 is 0 Å². The summed E-state index contributed by atoms with van der Waals surface area (Å²) in [7, 11) is 0. The number of anilines is 1. The number of nitrogens with one attached hydrogen (secondary N) is 1. The molecule has 7 heteroatoms. The monoisotopic (exact) mass is 422 g/mol. The van der Waals surface area contributed by atoms with Gasteiger partial charge in [-0.3, -0.25) is 4.79 Å². The molecular formula is C24H30N4O3. The lowest BCUT2D eigenvalue weighted by Crippen LogP contribution is -2.49. The van der Waals surface area contributed by atoms with E-state index in [0.717, 1.165) is 81.2 Å². The first-order valence-electron chi connectivity index (χ1n) is 11.4. The number of benzene rings is 1. The number of carbonyl (C=O) groups excluding carboxylic acids is 1. The van der Waals surface area contributed by atoms with Crippen LogP contribution in [-0.2, 0) is 11.2 Å². The van der Waals surface area contributed by atoms with Crippen LogP contribution in [0.4, 0.5) is 6.01 Å². The summed E-state index contributed by atoms with van der Waals surface area (Å²) < 4.78 is 11.3. The summed E-state index contributed by atoms with van der Waals surface area (Å²) in [5, 5.41) is 3.08. The van der Waals surface area contributed by atoms with Gasteiger partial charge in [0.15, 0.2) is 5.58 Å². The minimum absolute atomic E-state index is 0.132. The normalized spacial score (nSPS) is 19.2. The molecule has 0 saturated carbocycles. The molecule has 0 atom stereocenters. The Bertz CT molecular complexity index is 950. The van der Waals surface area contributed by atoms with Crippen molar-refractivity contribution in [2.45, 2.75) is 38.1 Å². The molecule has 5 rings (SSSR count). The predicted molar refractivity (Wildman–Crippen MR) is 119 cm³/mol. The van der Waals surface area contributed by atoms with E-state index in [0.29, 0.717) is 12.6 Å². The van der Waals surface area contributed by atoms with Crippen LogP contribution in [0.25, 0.3) is 11.1 Å². The summed E-state index contributed by atoms with van der Waals surface area (Å²) in [5.74, 6) is 1.24. The average Bonchev–Trinajstić information content (AvgIpc) is 3.49. The fourth-order valence-corrected chi connectivity index (χ4v) is 4.85. The maximum atomic E-state index is 12.5. The van der Waals surface area contributed by atoms with E-state index < -0.39 is 0 Å². The Hall–Kier alpha value is -2.80. The number of piperidine rings is 2. The number of para-hydroxylation sites is 2. The van der Waals surface area contributed by atoms with Crippen LogP contribution >= 0.6 is 0 Å². The van der Waals surface area contributed by atoms with Crippen LogP contribution in [0.2, 0.25) is 0 Å². The highest BCUT2D eigenvalue weighted by molar-refractivity contribution is 5.78. The lowest BCUT2D eigenvalue weighted by atomic mass is 9.93. The second kappa shape index (κ2) is 9.14. The fourth-order valence-electron chi connectivity index (χ4n) is 4.85. The van der Waals surface area contributed by atoms with E-state index in [9.17, 15) is 4.79 Å². The Labute approximate surface area is 182 Å². The molecule has 2 aromatic heterocycles. The highest BCUT2D eigenvalue weighted by atomic mass is 16.4. The first-order chi connectivity index (χ1) is 15.3. The first kappa shape index (κ1) is 20.1. The predicted octanol–water partition coefficient (Wildman–Crippen LogP) is 3.46. The number of rotatable bonds is 6. The van der Waals surface area contributed by atoms with Gasteiger partial charge in [-0.2, -0.15) is 4.98 Å². The zero-order chi connectivity index (χ0) is 21.0. The SMILES string of the molecule is O=C(NCCc1ccco1)C1CCN(C2CCN(c3nc4ccccc4o3)CC2)CC1. The van der Waals surface area contributed by atoms with Gasteiger partial charge in [0.1, 0.15) is 11.3 Å². The van der Waals surface area contributed by atoms with Crippen LogP contribution in [0.1, 0.15) is 31.4 Å². The lowest BCUT2D eigenvalue weighted by molar-refractivity contribution is -0.126. The lowest BCUT2D eigenvalue weighted by Gasteiger charge is -2.41. The smallest absolute Gasteiger partial charge is 0.298 e. The van der Waals surface area contributed by atoms with Gasteiger partial charge in [0.2, 0.25) is 5.91 Å². The minimum Gasteiger partial charge on any atom is -0.469 e. The van der Waals surface area contributed by atoms with E-state index in [-0.39, 0.29) is 11.8 Å². The number of amides is 1. The van der Waals surface area contributed by atoms with Gasteiger partial charge in [-0.1, -0.05) is 12.1 Å². The zero-order valence-corrected chi connectivity index (χ0v) is 17.8. The quantitative estimate of drug-likeness (QED) is 0.656. The van der Waals surface area contributed by atoms with Gasteiger partial charge in [0.25, 0.3) is 6.01 Å². The average molecular weight is 423 g/mol. The van der Waals surface area contributed by atoms with Crippen molar-refractivity contribution >= 4 is 23.0 Å². The minimum atomic E-state index is 0.132. The van der Waals surface area contributed by atoms with Crippen molar-refractivity contribution in [3.63, 3.8) is 0 Å². The molecule has 1 aromatic carbocycles. The summed E-state index contributed by atoms with van der Waals surface area (Å²) in [4.78, 5) is 22.0. The van der Waals surface area contributed by atoms with Crippen LogP contribution in [0.5, 0.6) is 0 Å². The molecule has 2 fully saturated rings. The number of likely N-dealkylation sites (tertiary alicyclic amines) is 1. The van der Waals surface area contributed by atoms with Crippen molar-refractivity contribution in [3.8, 4) is 0 Å². The molecule has 0 spiro atoms. The standard InChI is InChI=1S/C24H30N4O3/c29-23(25-12-7-20-4-3-17-30-20)18-8-13-27(14-9-18)19-10-15-28(16-11-19)24-26-21-5-1-2-6-22(21)31-24/h1-6,17-19H,7-16H2,(H,25,29). The number of hydrogen-bond acceptors (Lipinski definition) is 6. The number of furan rings is 1. The maximum absolute atomic E-state index is 12.5. The molecule has 31 heavy (non-hydrogen) atoms. The molecule has 2 saturated heterocycles. The van der Waals surface area contributed by atoms with Gasteiger partial charge in [-0.15, -0.1) is 0 Å². The largest absolute Gasteiger partial charge is 0.469 e. The van der Waals surface area contributed by atoms with Crippen LogP contribution < -0.4 is 10.2 Å². The van der Waals surface area contributed by atoms with Crippen molar-refractivity contribution in [2.75, 3.05) is 37.6 Å². The second-order valence-corrected chi connectivity index (χ2v) is 8.61. The van der Waals surface area contributed by atoms with Gasteiger partial charge in [-0.25, -0.2) is 0 Å². The number of fused-ring (bicyclic) bond motifs is 1. The Kier molecular flexibility index (Phi) is 5.93. The Balaban J connectivity index is 1.05. The molecule has 164 valence electrons. The molecular weight excluding hydrogens is 392 g/mol. The third-order valence-electron chi connectivity index (χ3n) is 6.69. The van der Waals surface area contributed by atoms with Gasteiger partial charge in [0, 0.05) is 38.0 Å². The molecule has 0 bridgehead atoms. The van der Waals surface area contributed by atoms with E-state index in [1.807, 2.05) is 36.4 Å². The molecule has 0 aliphatic carbocycles. The molecule has 2 aliphatic rings. The van der Waals surface area contributed by atoms with Crippen LogP contribution in [0.3, 0.4) is 0 Å². The van der Waals surface area contributed by atoms with Crippen LogP contribution in [-0.4, -0.2) is 54.6 Å². The summed E-state index contributed by atoms with van der Waals surface area (Å²) in [6.07, 6.45) is 6.52. The molecule has 3 aromatic rings. The van der Waals surface area contributed by atoms with Crippen molar-refractivity contribution in [1.29, 1.82) is 0 Å². The van der Waals surface area contributed by atoms with Crippen molar-refractivity contribution in [2.24, 2.45) is 5.92 Å². The molecule has 0 unspecified atom stereocenters. The Morgan fingerprint density at radius 2 is 1.84 bits per heavy atom. The van der Waals surface area contributed by atoms with Crippen molar-refractivity contribution in [1.82, 2.24) is 15.2 Å². The van der Waals surface area contributed by atoms with Gasteiger partial charge in [0.05, 0.1) is 6.26 Å². The number of aromatic nitrogens is 1. The van der Waals surface area contributed by atoms with Crippen molar-refractivity contribution < 1.29 is 13.6 Å². The summed E-state index contributed by atoms with van der Waals surface area (Å²) in [6.45, 7) is 4.57. The molecule has 2 aliphatic heterocycles. The number of oxazole rings is 1. The maximum Gasteiger partial charge on any atom is 0.298 e. The third kappa shape index (κ3) is 4.61. The van der Waals surface area contributed by atoms with E-state index in [1.165, 1.54) is 0 Å². The Morgan fingerprint density at radius 1 is 1.03 bits per heavy atom. The number of hydrogen-bond donors (Lipinski definition) is 1. The molecule has 1 N–H and O–H groups in total. The summed E-state index contributed by atoms with van der Waals surface area (Å²) in [6, 6.07) is 13.1. The third-order valence-corrected chi connectivity index (χ3v) is 6.69. The van der Waals surface area contributed by atoms with E-state index in [4.69, 9.17) is 8.83 Å². The molecule has 7 nitrogen and oxygen atoms in total.